The summed E-state index contributed by atoms with van der Waals surface area (Å²) in [6.07, 6.45) is 0.808. The first-order valence-corrected chi connectivity index (χ1v) is 11.6. The lowest BCUT2D eigenvalue weighted by Crippen LogP contribution is -2.48. The number of carbonyl (C=O) groups is 2. The zero-order valence-corrected chi connectivity index (χ0v) is 19.3. The number of thioether (sulfide) groups is 1. The highest BCUT2D eigenvalue weighted by molar-refractivity contribution is 7.99. The van der Waals surface area contributed by atoms with E-state index < -0.39 is 6.04 Å². The van der Waals surface area contributed by atoms with Gasteiger partial charge in [-0.3, -0.25) is 9.59 Å². The third-order valence-corrected chi connectivity index (χ3v) is 6.03. The van der Waals surface area contributed by atoms with Gasteiger partial charge in [0.2, 0.25) is 11.8 Å². The minimum atomic E-state index is -0.645. The maximum absolute atomic E-state index is 13.2. The van der Waals surface area contributed by atoms with Gasteiger partial charge in [0.15, 0.2) is 0 Å². The summed E-state index contributed by atoms with van der Waals surface area (Å²) in [5, 5.41) is 3.94. The van der Waals surface area contributed by atoms with Gasteiger partial charge in [-0.15, -0.1) is 11.8 Å². The van der Waals surface area contributed by atoms with E-state index in [1.165, 1.54) is 28.8 Å². The van der Waals surface area contributed by atoms with Crippen molar-refractivity contribution < 1.29 is 14.0 Å². The smallest absolute Gasteiger partial charge is 0.242 e. The van der Waals surface area contributed by atoms with Gasteiger partial charge in [-0.2, -0.15) is 0 Å². The molecule has 162 valence electrons. The summed E-state index contributed by atoms with van der Waals surface area (Å²) in [6, 6.07) is 10.5. The largest absolute Gasteiger partial charge is 0.354 e. The van der Waals surface area contributed by atoms with E-state index in [0.29, 0.717) is 22.3 Å². The molecule has 2 aromatic rings. The lowest BCUT2D eigenvalue weighted by molar-refractivity contribution is -0.138. The van der Waals surface area contributed by atoms with Crippen LogP contribution in [0.2, 0.25) is 10.0 Å². The number of halogens is 3. The van der Waals surface area contributed by atoms with E-state index in [4.69, 9.17) is 23.2 Å². The first kappa shape index (κ1) is 24.5. The average Bonchev–Trinajstić information content (AvgIpc) is 2.72. The highest BCUT2D eigenvalue weighted by Crippen LogP contribution is 2.25. The molecular weight excluding hydrogens is 446 g/mol. The summed E-state index contributed by atoms with van der Waals surface area (Å²) < 4.78 is 13.2. The van der Waals surface area contributed by atoms with Crippen molar-refractivity contribution in [3.8, 4) is 0 Å². The number of benzene rings is 2. The van der Waals surface area contributed by atoms with Gasteiger partial charge in [-0.1, -0.05) is 48.3 Å². The molecule has 0 aliphatic carbocycles. The van der Waals surface area contributed by atoms with E-state index in [0.717, 1.165) is 17.5 Å². The molecule has 1 atom stereocenters. The summed E-state index contributed by atoms with van der Waals surface area (Å²) in [5.41, 5.74) is 1.64. The van der Waals surface area contributed by atoms with Crippen molar-refractivity contribution in [2.45, 2.75) is 38.6 Å². The number of rotatable bonds is 10. The van der Waals surface area contributed by atoms with Crippen molar-refractivity contribution in [2.75, 3.05) is 12.3 Å². The standard InChI is InChI=1S/C22H25Cl2FN2O2S/c1-3-10-26-22(29)15(2)27(12-16-4-8-19(25)9-5-16)21(28)14-30-13-17-6-7-18(23)11-20(17)24/h4-9,11,15H,3,10,12-14H2,1-2H3,(H,26,29). The average molecular weight is 471 g/mol. The molecule has 30 heavy (non-hydrogen) atoms. The Morgan fingerprint density at radius 3 is 2.50 bits per heavy atom. The Morgan fingerprint density at radius 2 is 1.87 bits per heavy atom. The molecule has 0 fully saturated rings. The first-order chi connectivity index (χ1) is 14.3. The molecule has 2 aromatic carbocycles. The zero-order chi connectivity index (χ0) is 22.1. The van der Waals surface area contributed by atoms with Crippen LogP contribution in [-0.4, -0.2) is 35.1 Å². The molecule has 0 aromatic heterocycles. The molecule has 0 saturated heterocycles. The summed E-state index contributed by atoms with van der Waals surface area (Å²) in [4.78, 5) is 26.9. The summed E-state index contributed by atoms with van der Waals surface area (Å²) in [5.74, 6) is 0.000970. The molecule has 2 amide bonds. The fraction of sp³-hybridized carbons (Fsp3) is 0.364. The van der Waals surface area contributed by atoms with Crippen molar-refractivity contribution in [1.29, 1.82) is 0 Å². The van der Waals surface area contributed by atoms with Gasteiger partial charge < -0.3 is 10.2 Å². The van der Waals surface area contributed by atoms with E-state index in [9.17, 15) is 14.0 Å². The molecular formula is C22H25Cl2FN2O2S. The quantitative estimate of drug-likeness (QED) is 0.511. The van der Waals surface area contributed by atoms with E-state index >= 15 is 0 Å². The molecule has 0 bridgehead atoms. The maximum Gasteiger partial charge on any atom is 0.242 e. The predicted molar refractivity (Wildman–Crippen MR) is 122 cm³/mol. The normalized spacial score (nSPS) is 11.8. The van der Waals surface area contributed by atoms with Gasteiger partial charge in [0.05, 0.1) is 5.75 Å². The fourth-order valence-electron chi connectivity index (χ4n) is 2.73. The lowest BCUT2D eigenvalue weighted by Gasteiger charge is -2.28. The maximum atomic E-state index is 13.2. The number of amides is 2. The van der Waals surface area contributed by atoms with E-state index in [1.54, 1.807) is 31.2 Å². The molecule has 1 unspecified atom stereocenters. The van der Waals surface area contributed by atoms with E-state index in [-0.39, 0.29) is 29.9 Å². The Labute approximate surface area is 191 Å². The van der Waals surface area contributed by atoms with Crippen LogP contribution in [0.15, 0.2) is 42.5 Å². The Hall–Kier alpha value is -1.76. The van der Waals surface area contributed by atoms with Crippen LogP contribution in [0.3, 0.4) is 0 Å². The Bertz CT molecular complexity index is 865. The minimum absolute atomic E-state index is 0.173. The predicted octanol–water partition coefficient (Wildman–Crippen LogP) is 5.31. The van der Waals surface area contributed by atoms with E-state index in [1.807, 2.05) is 13.0 Å². The van der Waals surface area contributed by atoms with Crippen molar-refractivity contribution in [3.05, 3.63) is 69.5 Å². The summed E-state index contributed by atoms with van der Waals surface area (Å²) >= 11 is 13.5. The second-order valence-electron chi connectivity index (χ2n) is 6.84. The molecule has 0 radical (unpaired) electrons. The molecule has 4 nitrogen and oxygen atoms in total. The molecule has 0 saturated carbocycles. The number of hydrogen-bond donors (Lipinski definition) is 1. The number of nitrogens with zero attached hydrogens (tertiary/aromatic N) is 1. The van der Waals surface area contributed by atoms with Gasteiger partial charge in [0, 0.05) is 28.9 Å². The molecule has 0 heterocycles. The molecule has 0 aliphatic rings. The van der Waals surface area contributed by atoms with Crippen molar-refractivity contribution in [1.82, 2.24) is 10.2 Å². The first-order valence-electron chi connectivity index (χ1n) is 9.65. The van der Waals surface area contributed by atoms with Gasteiger partial charge in [0.1, 0.15) is 11.9 Å². The fourth-order valence-corrected chi connectivity index (χ4v) is 4.20. The molecule has 1 N–H and O–H groups in total. The monoisotopic (exact) mass is 470 g/mol. The van der Waals surface area contributed by atoms with Crippen LogP contribution in [0, 0.1) is 5.82 Å². The van der Waals surface area contributed by atoms with Crippen LogP contribution in [0.5, 0.6) is 0 Å². The number of carbonyl (C=O) groups excluding carboxylic acids is 2. The van der Waals surface area contributed by atoms with Crippen LogP contribution in [0.4, 0.5) is 4.39 Å². The van der Waals surface area contributed by atoms with Gasteiger partial charge >= 0.3 is 0 Å². The molecule has 8 heteroatoms. The lowest BCUT2D eigenvalue weighted by atomic mass is 10.1. The molecule has 2 rings (SSSR count). The summed E-state index contributed by atoms with van der Waals surface area (Å²) in [7, 11) is 0. The van der Waals surface area contributed by atoms with Crippen molar-refractivity contribution in [2.24, 2.45) is 0 Å². The van der Waals surface area contributed by atoms with Gasteiger partial charge in [0.25, 0.3) is 0 Å². The molecule has 0 aliphatic heterocycles. The third kappa shape index (κ3) is 7.49. The molecule has 0 spiro atoms. The number of nitrogens with one attached hydrogen (secondary N) is 1. The Morgan fingerprint density at radius 1 is 1.17 bits per heavy atom. The van der Waals surface area contributed by atoms with E-state index in [2.05, 4.69) is 5.32 Å². The highest BCUT2D eigenvalue weighted by atomic mass is 35.5. The second kappa shape index (κ2) is 12.2. The minimum Gasteiger partial charge on any atom is -0.354 e. The third-order valence-electron chi connectivity index (χ3n) is 4.48. The van der Waals surface area contributed by atoms with Crippen molar-refractivity contribution >= 4 is 46.8 Å². The van der Waals surface area contributed by atoms with Crippen molar-refractivity contribution in [3.63, 3.8) is 0 Å². The summed E-state index contributed by atoms with van der Waals surface area (Å²) in [6.45, 7) is 4.44. The second-order valence-corrected chi connectivity index (χ2v) is 8.67. The Balaban J connectivity index is 2.06. The van der Waals surface area contributed by atoms with Gasteiger partial charge in [-0.25, -0.2) is 4.39 Å². The van der Waals surface area contributed by atoms with Crippen LogP contribution in [0.1, 0.15) is 31.4 Å². The SMILES string of the molecule is CCCNC(=O)C(C)N(Cc1ccc(F)cc1)C(=O)CSCc1ccc(Cl)cc1Cl. The Kier molecular flexibility index (Phi) is 9.95. The van der Waals surface area contributed by atoms with Crippen LogP contribution in [-0.2, 0) is 21.9 Å². The zero-order valence-electron chi connectivity index (χ0n) is 17.0. The number of hydrogen-bond acceptors (Lipinski definition) is 3. The van der Waals surface area contributed by atoms with Gasteiger partial charge in [-0.05, 0) is 48.7 Å². The topological polar surface area (TPSA) is 49.4 Å². The van der Waals surface area contributed by atoms with Crippen LogP contribution < -0.4 is 5.32 Å². The highest BCUT2D eigenvalue weighted by Gasteiger charge is 2.25. The van der Waals surface area contributed by atoms with Crippen LogP contribution >= 0.6 is 35.0 Å². The van der Waals surface area contributed by atoms with Crippen LogP contribution in [0.25, 0.3) is 0 Å².